The molecule has 2 aromatic rings. The summed E-state index contributed by atoms with van der Waals surface area (Å²) >= 11 is 0. The van der Waals surface area contributed by atoms with Gasteiger partial charge in [0.25, 0.3) is 0 Å². The summed E-state index contributed by atoms with van der Waals surface area (Å²) in [5.41, 5.74) is 10.0. The van der Waals surface area contributed by atoms with Gasteiger partial charge in [0.05, 0.1) is 0 Å². The molecule has 0 spiro atoms. The van der Waals surface area contributed by atoms with E-state index in [2.05, 4.69) is 56.3 Å². The predicted octanol–water partition coefficient (Wildman–Crippen LogP) is 10.1. The van der Waals surface area contributed by atoms with Gasteiger partial charge in [0.2, 0.25) is 0 Å². The molecule has 3 aliphatic rings. The first kappa shape index (κ1) is 25.7. The van der Waals surface area contributed by atoms with Crippen LogP contribution in [0.2, 0.25) is 0 Å². The van der Waals surface area contributed by atoms with Gasteiger partial charge in [-0.3, -0.25) is 0 Å². The molecule has 5 rings (SSSR count). The lowest BCUT2D eigenvalue weighted by Crippen LogP contribution is -2.34. The number of hydrogen-bond donors (Lipinski definition) is 0. The zero-order valence-corrected chi connectivity index (χ0v) is 21.4. The van der Waals surface area contributed by atoms with E-state index in [1.165, 1.54) is 70.6 Å². The predicted molar refractivity (Wildman–Crippen MR) is 139 cm³/mol. The summed E-state index contributed by atoms with van der Waals surface area (Å²) in [6.45, 7) is 4.91. The van der Waals surface area contributed by atoms with Crippen LogP contribution in [0.5, 0.6) is 0 Å². The van der Waals surface area contributed by atoms with Crippen LogP contribution in [0.4, 0.5) is 17.3 Å². The van der Waals surface area contributed by atoms with E-state index in [0.29, 0.717) is 0 Å². The Bertz CT molecular complexity index is 939. The van der Waals surface area contributed by atoms with Crippen LogP contribution in [0.15, 0.2) is 42.5 Å². The second-order valence-electron chi connectivity index (χ2n) is 10.2. The summed E-state index contributed by atoms with van der Waals surface area (Å²) in [6.07, 6.45) is 16.1. The number of halogens is 4. The van der Waals surface area contributed by atoms with Gasteiger partial charge in [0.1, 0.15) is 0 Å². The number of benzene rings is 2. The first-order valence-electron chi connectivity index (χ1n) is 13.1. The maximum absolute atomic E-state index is 9.75. The van der Waals surface area contributed by atoms with Crippen LogP contribution in [0.25, 0.3) is 11.1 Å². The maximum Gasteiger partial charge on any atom is 0.673 e. The zero-order valence-electron chi connectivity index (χ0n) is 20.5. The Morgan fingerprint density at radius 2 is 1.26 bits per heavy atom. The number of rotatable bonds is 4. The summed E-state index contributed by atoms with van der Waals surface area (Å²) in [7, 11) is -6.07. The SMILES string of the molecule is CCC1(P(C2CCCCC2)C2CCCCC2)c2ccccc2-c2cccc(C)c21.F[B-](F)(F)F. The quantitative estimate of drug-likeness (QED) is 0.227. The van der Waals surface area contributed by atoms with Crippen molar-refractivity contribution in [3.8, 4) is 11.1 Å². The first-order valence-corrected chi connectivity index (χ1v) is 14.6. The van der Waals surface area contributed by atoms with Crippen LogP contribution in [0.1, 0.15) is 94.2 Å². The highest BCUT2D eigenvalue weighted by Crippen LogP contribution is 2.74. The van der Waals surface area contributed by atoms with Crippen LogP contribution < -0.4 is 0 Å². The van der Waals surface area contributed by atoms with E-state index in [1.807, 2.05) is 0 Å². The van der Waals surface area contributed by atoms with Gasteiger partial charge < -0.3 is 17.3 Å². The van der Waals surface area contributed by atoms with Crippen molar-refractivity contribution >= 4 is 15.2 Å². The second kappa shape index (κ2) is 10.7. The molecule has 0 N–H and O–H groups in total. The van der Waals surface area contributed by atoms with Crippen molar-refractivity contribution in [3.05, 3.63) is 59.2 Å². The highest BCUT2D eigenvalue weighted by molar-refractivity contribution is 7.60. The Morgan fingerprint density at radius 3 is 1.79 bits per heavy atom. The van der Waals surface area contributed by atoms with Gasteiger partial charge >= 0.3 is 7.25 Å². The maximum atomic E-state index is 9.75. The molecule has 0 aliphatic heterocycles. The molecular weight excluding hydrogens is 454 g/mol. The van der Waals surface area contributed by atoms with Crippen molar-refractivity contribution in [3.63, 3.8) is 0 Å². The molecule has 2 aromatic carbocycles. The molecule has 1 atom stereocenters. The summed E-state index contributed by atoms with van der Waals surface area (Å²) in [6, 6.07) is 16.6. The third kappa shape index (κ3) is 5.11. The van der Waals surface area contributed by atoms with Crippen molar-refractivity contribution in [2.75, 3.05) is 0 Å². The molecule has 0 aromatic heterocycles. The standard InChI is InChI=1S/C28H37P.BF4/c1-3-28(29(22-14-6-4-7-15-22)23-16-8-5-9-17-23)26-20-11-10-18-24(26)25-19-12-13-21(2)27(25)28;2-1(3,4)5/h10-13,18-20,22-23H,3-9,14-17H2,1-2H3;/q;-1. The molecule has 0 saturated heterocycles. The van der Waals surface area contributed by atoms with E-state index in [9.17, 15) is 17.3 Å². The minimum absolute atomic E-state index is 0.0719. The fraction of sp³-hybridized carbons (Fsp3) is 0.571. The molecule has 0 radical (unpaired) electrons. The Balaban J connectivity index is 0.000000499. The van der Waals surface area contributed by atoms with Gasteiger partial charge in [-0.25, -0.2) is 0 Å². The lowest BCUT2D eigenvalue weighted by molar-refractivity contribution is 0.368. The molecular formula is C28H37BF4P-. The number of hydrogen-bond acceptors (Lipinski definition) is 0. The number of fused-ring (bicyclic) bond motifs is 3. The fourth-order valence-corrected chi connectivity index (χ4v) is 12.2. The fourth-order valence-electron chi connectivity index (χ4n) is 7.11. The molecule has 0 heterocycles. The van der Waals surface area contributed by atoms with Crippen molar-refractivity contribution in [1.29, 1.82) is 0 Å². The van der Waals surface area contributed by atoms with Crippen LogP contribution in [0.3, 0.4) is 0 Å². The number of aryl methyl sites for hydroxylation is 1. The second-order valence-corrected chi connectivity index (χ2v) is 13.3. The van der Waals surface area contributed by atoms with Crippen LogP contribution in [-0.4, -0.2) is 18.6 Å². The Labute approximate surface area is 203 Å². The Morgan fingerprint density at radius 1 is 0.765 bits per heavy atom. The first-order chi connectivity index (χ1) is 16.3. The van der Waals surface area contributed by atoms with E-state index in [1.54, 1.807) is 27.8 Å². The molecule has 186 valence electrons. The van der Waals surface area contributed by atoms with E-state index < -0.39 is 7.25 Å². The smallest absolute Gasteiger partial charge is 0.418 e. The normalized spacial score (nSPS) is 23.3. The van der Waals surface area contributed by atoms with Crippen LogP contribution in [-0.2, 0) is 5.16 Å². The van der Waals surface area contributed by atoms with E-state index in [4.69, 9.17) is 0 Å². The Kier molecular flexibility index (Phi) is 8.12. The molecule has 1 unspecified atom stereocenters. The lowest BCUT2D eigenvalue weighted by Gasteiger charge is -2.50. The third-order valence-corrected chi connectivity index (χ3v) is 12.5. The molecule has 6 heteroatoms. The van der Waals surface area contributed by atoms with Gasteiger partial charge in [0.15, 0.2) is 0 Å². The molecule has 2 fully saturated rings. The lowest BCUT2D eigenvalue weighted by atomic mass is 9.90. The third-order valence-electron chi connectivity index (χ3n) is 8.24. The van der Waals surface area contributed by atoms with Crippen molar-refractivity contribution < 1.29 is 17.3 Å². The van der Waals surface area contributed by atoms with Gasteiger partial charge in [-0.05, 0) is 78.2 Å². The van der Waals surface area contributed by atoms with Crippen LogP contribution in [0, 0.1) is 6.92 Å². The van der Waals surface area contributed by atoms with Gasteiger partial charge in [0, 0.05) is 5.16 Å². The minimum atomic E-state index is -6.00. The van der Waals surface area contributed by atoms with Gasteiger partial charge in [-0.2, -0.15) is 0 Å². The molecule has 3 aliphatic carbocycles. The summed E-state index contributed by atoms with van der Waals surface area (Å²) in [5.74, 6) is 0. The highest BCUT2D eigenvalue weighted by atomic mass is 31.1. The van der Waals surface area contributed by atoms with Crippen molar-refractivity contribution in [1.82, 2.24) is 0 Å². The summed E-state index contributed by atoms with van der Waals surface area (Å²) < 4.78 is 39.0. The zero-order chi connectivity index (χ0) is 24.3. The van der Waals surface area contributed by atoms with Crippen molar-refractivity contribution in [2.45, 2.75) is 101 Å². The average molecular weight is 491 g/mol. The van der Waals surface area contributed by atoms with E-state index in [0.717, 1.165) is 11.3 Å². The van der Waals surface area contributed by atoms with Gasteiger partial charge in [-0.15, -0.1) is 0 Å². The topological polar surface area (TPSA) is 0 Å². The molecule has 34 heavy (non-hydrogen) atoms. The summed E-state index contributed by atoms with van der Waals surface area (Å²) in [4.78, 5) is 0. The molecule has 0 amide bonds. The van der Waals surface area contributed by atoms with E-state index >= 15 is 0 Å². The largest absolute Gasteiger partial charge is 0.673 e. The summed E-state index contributed by atoms with van der Waals surface area (Å²) in [5, 5.41) is 0.288. The van der Waals surface area contributed by atoms with E-state index in [-0.39, 0.29) is 13.1 Å². The monoisotopic (exact) mass is 491 g/mol. The molecule has 0 bridgehead atoms. The van der Waals surface area contributed by atoms with Gasteiger partial charge in [-0.1, -0.05) is 95.8 Å². The Hall–Kier alpha value is -1.35. The minimum Gasteiger partial charge on any atom is -0.418 e. The molecule has 0 nitrogen and oxygen atoms in total. The molecule has 2 saturated carbocycles. The highest BCUT2D eigenvalue weighted by Gasteiger charge is 2.52. The average Bonchev–Trinajstić information content (AvgIpc) is 3.12. The van der Waals surface area contributed by atoms with Crippen molar-refractivity contribution in [2.24, 2.45) is 0 Å². The van der Waals surface area contributed by atoms with Crippen LogP contribution >= 0.6 is 7.92 Å².